The summed E-state index contributed by atoms with van der Waals surface area (Å²) in [7, 11) is 1.32. The van der Waals surface area contributed by atoms with E-state index in [0.29, 0.717) is 28.1 Å². The highest BCUT2D eigenvalue weighted by Gasteiger charge is 2.35. The molecule has 0 amide bonds. The summed E-state index contributed by atoms with van der Waals surface area (Å²) in [6.45, 7) is 1.80. The van der Waals surface area contributed by atoms with Crippen LogP contribution >= 0.6 is 0 Å². The molecule has 0 spiro atoms. The number of nitrogens with zero attached hydrogens (tertiary/aromatic N) is 4. The molecule has 3 aromatic rings. The van der Waals surface area contributed by atoms with Gasteiger partial charge >= 0.3 is 5.97 Å². The molecular formula is C23H17N5O2. The summed E-state index contributed by atoms with van der Waals surface area (Å²) < 4.78 is 4.74. The Labute approximate surface area is 172 Å². The largest absolute Gasteiger partial charge is 0.465 e. The van der Waals surface area contributed by atoms with E-state index in [1.165, 1.54) is 7.11 Å². The highest BCUT2D eigenvalue weighted by Crippen LogP contribution is 2.41. The highest BCUT2D eigenvalue weighted by atomic mass is 16.5. The van der Waals surface area contributed by atoms with E-state index >= 15 is 0 Å². The number of nitriles is 2. The Hall–Kier alpha value is -4.23. The third-order valence-corrected chi connectivity index (χ3v) is 5.30. The molecule has 1 aromatic heterocycles. The van der Waals surface area contributed by atoms with Gasteiger partial charge in [-0.25, -0.2) is 4.79 Å². The van der Waals surface area contributed by atoms with Gasteiger partial charge < -0.3 is 4.74 Å². The van der Waals surface area contributed by atoms with Gasteiger partial charge in [0.1, 0.15) is 0 Å². The molecule has 7 nitrogen and oxygen atoms in total. The molecule has 2 heterocycles. The summed E-state index contributed by atoms with van der Waals surface area (Å²) in [5, 5.41) is 27.7. The molecule has 2 unspecified atom stereocenters. The molecule has 146 valence electrons. The first kappa shape index (κ1) is 19.1. The van der Waals surface area contributed by atoms with Crippen molar-refractivity contribution in [3.8, 4) is 12.1 Å². The van der Waals surface area contributed by atoms with Crippen molar-refractivity contribution in [3.63, 3.8) is 0 Å². The molecule has 0 fully saturated rings. The molecule has 4 rings (SSSR count). The van der Waals surface area contributed by atoms with Gasteiger partial charge in [0.2, 0.25) is 0 Å². The maximum atomic E-state index is 11.7. The third kappa shape index (κ3) is 3.13. The zero-order valence-corrected chi connectivity index (χ0v) is 16.4. The van der Waals surface area contributed by atoms with Gasteiger partial charge in [-0.3, -0.25) is 10.1 Å². The Morgan fingerprint density at radius 3 is 2.60 bits per heavy atom. The van der Waals surface area contributed by atoms with Crippen LogP contribution in [0.3, 0.4) is 0 Å². The lowest BCUT2D eigenvalue weighted by molar-refractivity contribution is 0.0600. The number of H-pyrrole nitrogens is 1. The quantitative estimate of drug-likeness (QED) is 0.674. The number of carbonyl (C=O) groups excluding carboxylic acids is 1. The number of hydrogen-bond donors (Lipinski definition) is 1. The van der Waals surface area contributed by atoms with Gasteiger partial charge in [-0.15, -0.1) is 0 Å². The van der Waals surface area contributed by atoms with E-state index in [0.717, 1.165) is 16.5 Å². The first-order valence-electron chi connectivity index (χ1n) is 9.28. The molecule has 0 bridgehead atoms. The van der Waals surface area contributed by atoms with Crippen LogP contribution in [0.25, 0.3) is 16.6 Å². The molecule has 0 saturated heterocycles. The van der Waals surface area contributed by atoms with E-state index in [2.05, 4.69) is 27.3 Å². The lowest BCUT2D eigenvalue weighted by Crippen LogP contribution is -2.25. The zero-order chi connectivity index (χ0) is 21.3. The van der Waals surface area contributed by atoms with Crippen molar-refractivity contribution in [2.24, 2.45) is 10.9 Å². The molecule has 0 aliphatic carbocycles. The normalized spacial score (nSPS) is 18.5. The number of benzene rings is 2. The van der Waals surface area contributed by atoms with Crippen molar-refractivity contribution in [2.45, 2.75) is 12.8 Å². The van der Waals surface area contributed by atoms with E-state index < -0.39 is 17.8 Å². The first-order valence-corrected chi connectivity index (χ1v) is 9.28. The number of nitrogens with one attached hydrogen (secondary N) is 1. The van der Waals surface area contributed by atoms with Crippen LogP contribution in [-0.2, 0) is 4.74 Å². The fraction of sp³-hybridized carbons (Fsp3) is 0.174. The topological polar surface area (TPSA) is 115 Å². The molecule has 0 saturated carbocycles. The summed E-state index contributed by atoms with van der Waals surface area (Å²) in [5.74, 6) is -1.44. The maximum Gasteiger partial charge on any atom is 0.337 e. The molecule has 30 heavy (non-hydrogen) atoms. The lowest BCUT2D eigenvalue weighted by atomic mass is 9.76. The van der Waals surface area contributed by atoms with Crippen LogP contribution in [0.5, 0.6) is 0 Å². The molecule has 1 aliphatic rings. The Bertz CT molecular complexity index is 1290. The van der Waals surface area contributed by atoms with Crippen LogP contribution in [-0.4, -0.2) is 29.0 Å². The number of fused-ring (bicyclic) bond motifs is 1. The van der Waals surface area contributed by atoms with E-state index in [1.54, 1.807) is 37.4 Å². The second-order valence-electron chi connectivity index (χ2n) is 7.00. The van der Waals surface area contributed by atoms with Crippen molar-refractivity contribution >= 4 is 28.3 Å². The Balaban J connectivity index is 1.87. The van der Waals surface area contributed by atoms with Crippen molar-refractivity contribution in [2.75, 3.05) is 7.11 Å². The number of ether oxygens (including phenoxy) is 1. The maximum absolute atomic E-state index is 11.7. The second kappa shape index (κ2) is 7.65. The van der Waals surface area contributed by atoms with Gasteiger partial charge in [-0.2, -0.15) is 15.6 Å². The Kier molecular flexibility index (Phi) is 4.87. The van der Waals surface area contributed by atoms with Gasteiger partial charge in [-0.05, 0) is 36.8 Å². The SMILES string of the molecule is COC(=O)c1ccc(C2=C(C#N)C(c3ccc4[nH]ncc4c3)C(C#N)C(C)=N2)cc1. The van der Waals surface area contributed by atoms with E-state index in [-0.39, 0.29) is 0 Å². The minimum atomic E-state index is -0.554. The van der Waals surface area contributed by atoms with Gasteiger partial charge in [0, 0.05) is 22.6 Å². The summed E-state index contributed by atoms with van der Waals surface area (Å²) >= 11 is 0. The highest BCUT2D eigenvalue weighted by molar-refractivity contribution is 5.97. The van der Waals surface area contributed by atoms with Crippen LogP contribution < -0.4 is 0 Å². The smallest absolute Gasteiger partial charge is 0.337 e. The summed E-state index contributed by atoms with van der Waals surface area (Å²) in [6, 6.07) is 17.1. The second-order valence-corrected chi connectivity index (χ2v) is 7.00. The molecule has 1 N–H and O–H groups in total. The number of rotatable bonds is 3. The fourth-order valence-corrected chi connectivity index (χ4v) is 3.77. The Morgan fingerprint density at radius 1 is 1.17 bits per heavy atom. The monoisotopic (exact) mass is 395 g/mol. The number of methoxy groups -OCH3 is 1. The van der Waals surface area contributed by atoms with Crippen LogP contribution in [0.1, 0.15) is 34.3 Å². The number of aromatic amines is 1. The van der Waals surface area contributed by atoms with Crippen molar-refractivity contribution in [1.82, 2.24) is 10.2 Å². The van der Waals surface area contributed by atoms with E-state index in [9.17, 15) is 15.3 Å². The number of carbonyl (C=O) groups is 1. The molecule has 0 radical (unpaired) electrons. The third-order valence-electron chi connectivity index (χ3n) is 5.30. The lowest BCUT2D eigenvalue weighted by Gasteiger charge is -2.28. The van der Waals surface area contributed by atoms with Crippen LogP contribution in [0, 0.1) is 28.6 Å². The Morgan fingerprint density at radius 2 is 1.93 bits per heavy atom. The number of aromatic nitrogens is 2. The van der Waals surface area contributed by atoms with Gasteiger partial charge in [0.05, 0.1) is 53.7 Å². The summed E-state index contributed by atoms with van der Waals surface area (Å²) in [6.07, 6.45) is 1.71. The average molecular weight is 395 g/mol. The number of hydrogen-bond acceptors (Lipinski definition) is 6. The standard InChI is InChI=1S/C23H17N5O2/c1-13-18(10-24)21(16-7-8-20-17(9-16)12-26-28-20)19(11-25)22(27-13)14-3-5-15(6-4-14)23(29)30-2/h3-9,12,18,21H,1-2H3,(H,26,28). The number of aliphatic imine (C=N–C) groups is 1. The molecule has 2 aromatic carbocycles. The predicted octanol–water partition coefficient (Wildman–Crippen LogP) is 3.98. The minimum absolute atomic E-state index is 0.411. The van der Waals surface area contributed by atoms with Crippen molar-refractivity contribution < 1.29 is 9.53 Å². The van der Waals surface area contributed by atoms with Crippen LogP contribution in [0.2, 0.25) is 0 Å². The average Bonchev–Trinajstić information content (AvgIpc) is 3.25. The van der Waals surface area contributed by atoms with Crippen LogP contribution in [0.4, 0.5) is 0 Å². The van der Waals surface area contributed by atoms with E-state index in [1.807, 2.05) is 18.2 Å². The van der Waals surface area contributed by atoms with Crippen LogP contribution in [0.15, 0.2) is 59.2 Å². The van der Waals surface area contributed by atoms with E-state index in [4.69, 9.17) is 4.74 Å². The summed E-state index contributed by atoms with van der Waals surface area (Å²) in [4.78, 5) is 16.3. The van der Waals surface area contributed by atoms with Gasteiger partial charge in [0.25, 0.3) is 0 Å². The number of esters is 1. The molecule has 2 atom stereocenters. The molecule has 7 heteroatoms. The molecular weight excluding hydrogens is 378 g/mol. The zero-order valence-electron chi connectivity index (χ0n) is 16.4. The van der Waals surface area contributed by atoms with Crippen molar-refractivity contribution in [1.29, 1.82) is 10.5 Å². The van der Waals surface area contributed by atoms with Gasteiger partial charge in [0.15, 0.2) is 0 Å². The summed E-state index contributed by atoms with van der Waals surface area (Å²) in [5.41, 5.74) is 4.41. The minimum Gasteiger partial charge on any atom is -0.465 e. The first-order chi connectivity index (χ1) is 14.6. The number of allylic oxidation sites excluding steroid dienone is 1. The fourth-order valence-electron chi connectivity index (χ4n) is 3.77. The predicted molar refractivity (Wildman–Crippen MR) is 111 cm³/mol. The molecule has 1 aliphatic heterocycles. The van der Waals surface area contributed by atoms with Gasteiger partial charge in [-0.1, -0.05) is 18.2 Å². The van der Waals surface area contributed by atoms with Crippen molar-refractivity contribution in [3.05, 3.63) is 70.9 Å².